The van der Waals surface area contributed by atoms with Crippen LogP contribution in [0.2, 0.25) is 0 Å². The van der Waals surface area contributed by atoms with Gasteiger partial charge in [0, 0.05) is 83.1 Å². The molecular weight excluding hydrogens is 1420 g/mol. The largest absolute Gasteiger partial charge is 0.456 e. The molecule has 4 aromatic heterocycles. The van der Waals surface area contributed by atoms with Crippen molar-refractivity contribution in [3.63, 3.8) is 0 Å². The van der Waals surface area contributed by atoms with Gasteiger partial charge in [0.25, 0.3) is 0 Å². The van der Waals surface area contributed by atoms with Crippen molar-refractivity contribution in [1.82, 2.24) is 13.7 Å². The number of fused-ring (bicyclic) bond motifs is 16. The summed E-state index contributed by atoms with van der Waals surface area (Å²) in [7, 11) is 0. The molecular formula is C112H82N4O. The van der Waals surface area contributed by atoms with E-state index >= 15 is 0 Å². The van der Waals surface area contributed by atoms with E-state index in [1.54, 1.807) is 9.13 Å². The van der Waals surface area contributed by atoms with Crippen LogP contribution in [-0.4, -0.2) is 13.7 Å². The second-order valence-corrected chi connectivity index (χ2v) is 33.0. The number of aromatic nitrogens is 3. The molecule has 556 valence electrons. The normalized spacial score (nSPS) is 16.0. The first kappa shape index (κ1) is 53.7. The van der Waals surface area contributed by atoms with Crippen LogP contribution in [0.15, 0.2) is 380 Å². The lowest BCUT2D eigenvalue weighted by Crippen LogP contribution is -2.30. The first-order chi connectivity index (χ1) is 64.0. The van der Waals surface area contributed by atoms with Crippen molar-refractivity contribution < 1.29 is 26.3 Å². The smallest absolute Gasteiger partial charge is 0.136 e. The molecule has 0 saturated heterocycles. The molecule has 0 amide bonds. The van der Waals surface area contributed by atoms with E-state index in [9.17, 15) is 21.9 Å². The molecule has 1 aliphatic carbocycles. The van der Waals surface area contributed by atoms with Crippen LogP contribution in [0.1, 0.15) is 120 Å². The third-order valence-corrected chi connectivity index (χ3v) is 24.3. The Morgan fingerprint density at radius 2 is 0.761 bits per heavy atom. The topological polar surface area (TPSA) is 31.2 Å². The fourth-order valence-electron chi connectivity index (χ4n) is 19.1. The van der Waals surface area contributed by atoms with Crippen LogP contribution in [0.5, 0.6) is 0 Å². The van der Waals surface area contributed by atoms with Crippen LogP contribution in [0.25, 0.3) is 160 Å². The summed E-state index contributed by atoms with van der Waals surface area (Å²) >= 11 is 0. The molecule has 0 saturated carbocycles. The van der Waals surface area contributed by atoms with Crippen LogP contribution in [0.4, 0.5) is 17.1 Å². The Morgan fingerprint density at radius 1 is 0.282 bits per heavy atom. The highest BCUT2D eigenvalue weighted by Gasteiger charge is 2.46. The summed E-state index contributed by atoms with van der Waals surface area (Å²) in [6.45, 7) is 13.4. The minimum Gasteiger partial charge on any atom is -0.456 e. The van der Waals surface area contributed by atoms with Gasteiger partial charge >= 0.3 is 0 Å². The van der Waals surface area contributed by atoms with Crippen LogP contribution < -0.4 is 4.90 Å². The predicted molar refractivity (Wildman–Crippen MR) is 491 cm³/mol. The van der Waals surface area contributed by atoms with Gasteiger partial charge in [-0.3, -0.25) is 0 Å². The van der Waals surface area contributed by atoms with Gasteiger partial charge in [0.05, 0.1) is 72.1 Å². The first-order valence-corrected chi connectivity index (χ1v) is 39.8. The highest BCUT2D eigenvalue weighted by atomic mass is 16.3. The van der Waals surface area contributed by atoms with E-state index in [1.807, 2.05) is 140 Å². The average molecular weight is 1520 g/mol. The fourth-order valence-corrected chi connectivity index (χ4v) is 19.1. The minimum absolute atomic E-state index is 0.0979. The van der Waals surface area contributed by atoms with Gasteiger partial charge in [-0.15, -0.1) is 0 Å². The van der Waals surface area contributed by atoms with Gasteiger partial charge < -0.3 is 23.0 Å². The molecule has 0 bridgehead atoms. The Morgan fingerprint density at radius 3 is 1.35 bits per heavy atom. The average Bonchev–Trinajstić information content (AvgIpc) is 1.56. The first-order valence-electron chi connectivity index (χ1n) is 47.8. The summed E-state index contributed by atoms with van der Waals surface area (Å²) in [6.07, 6.45) is 0. The second-order valence-electron chi connectivity index (χ2n) is 33.0. The maximum absolute atomic E-state index is 10.4. The van der Waals surface area contributed by atoms with E-state index < -0.39 is 109 Å². The third-order valence-electron chi connectivity index (χ3n) is 24.3. The highest BCUT2D eigenvalue weighted by molar-refractivity contribution is 6.23. The zero-order valence-electron chi connectivity index (χ0n) is 80.9. The lowest BCUT2D eigenvalue weighted by molar-refractivity contribution is 0.569. The number of hydrogen-bond donors (Lipinski definition) is 0. The van der Waals surface area contributed by atoms with Gasteiger partial charge in [0.2, 0.25) is 0 Å². The van der Waals surface area contributed by atoms with E-state index in [2.05, 4.69) is 191 Å². The zero-order valence-corrected chi connectivity index (χ0v) is 64.9. The monoisotopic (exact) mass is 1510 g/mol. The third kappa shape index (κ3) is 10.5. The minimum atomic E-state index is -0.904. The lowest BCUT2D eigenvalue weighted by Gasteiger charge is -2.46. The maximum Gasteiger partial charge on any atom is 0.136 e. The standard InChI is InChI=1S/C112H82N4O/c1-111(2,3)75-60-74(61-76(63-75)112(4,5)6)73-56-58-84-90(62-73)105-86-59-57-78(114-92-50-28-22-44-80(92)81-45-23-29-51-93(81)114)65-97(86)116(110-89(70-36-14-8-15-37-70)67-99-106(103(110)72-40-18-10-19-41-72)85-48-26-32-54-96(85)113(99)77-42-20-11-21-43-77)98-66-79(115-94-52-30-24-46-82(94)83-47-25-31-53-95(83)115)64-91(107(98)105)104(84)109-88(69-34-12-7-13-35-69)68-101-108(87-49-27-33-55-100(87)117-101)102(109)71-38-16-9-17-39-71/h7-68,104-105H,1-6H3/i22D,23D,24D,25D,28D,29D,30D,31D,44D,45D,46D,47D,50D,51D,52D,53D. The number of anilines is 3. The van der Waals surface area contributed by atoms with Crippen LogP contribution in [0.3, 0.4) is 0 Å². The van der Waals surface area contributed by atoms with E-state index in [0.29, 0.717) is 39.4 Å². The van der Waals surface area contributed by atoms with Crippen molar-refractivity contribution in [3.8, 4) is 72.7 Å². The van der Waals surface area contributed by atoms with Gasteiger partial charge in [-0.2, -0.15) is 0 Å². The molecule has 0 fully saturated rings. The molecule has 5 nitrogen and oxygen atoms in total. The Hall–Kier alpha value is -14.3. The number of hydrogen-bond acceptors (Lipinski definition) is 2. The van der Waals surface area contributed by atoms with E-state index in [1.165, 1.54) is 0 Å². The molecule has 23 rings (SSSR count). The molecule has 117 heavy (non-hydrogen) atoms. The maximum atomic E-state index is 10.4. The lowest BCUT2D eigenvalue weighted by atomic mass is 9.63. The Balaban J connectivity index is 1.00. The molecule has 2 atom stereocenters. The second kappa shape index (κ2) is 26.1. The molecule has 21 aromatic rings. The summed E-state index contributed by atoms with van der Waals surface area (Å²) in [6, 6.07) is 87.1. The number of para-hydroxylation sites is 7. The summed E-state index contributed by atoms with van der Waals surface area (Å²) in [5.41, 5.74) is 20.2. The summed E-state index contributed by atoms with van der Waals surface area (Å²) < 4.78 is 170. The fraction of sp³-hybridized carbons (Fsp3) is 0.0893. The molecule has 2 aliphatic rings. The van der Waals surface area contributed by atoms with Gasteiger partial charge in [-0.1, -0.05) is 326 Å². The zero-order chi connectivity index (χ0) is 92.0. The number of benzene rings is 17. The molecule has 1 aliphatic heterocycles. The van der Waals surface area contributed by atoms with Gasteiger partial charge in [0.15, 0.2) is 0 Å². The van der Waals surface area contributed by atoms with E-state index in [0.717, 1.165) is 127 Å². The number of furan rings is 1. The molecule has 5 heteroatoms. The van der Waals surface area contributed by atoms with Gasteiger partial charge in [-0.25, -0.2) is 0 Å². The SMILES string of the molecule is [2H]c1c([2H])c([2H])c2c(c1[2H])c1c([2H])c([2H])c([2H])c([2H])c1n2-c1ccc2c(c1)N(c1c(-c3ccccc3)cc3c(c1-c1ccccc1)c1ccccc1n3-c1ccccc1)c1cc(-n3c4c([2H])c([2H])c([2H])c([2H])c4c4c([2H])c([2H])c([2H])c([2H])c43)cc3c1C2c1cc(-c2cc(C(C)(C)C)cc(C(C)(C)C)c2)ccc1C3c1c(-c2ccccc2)cc2oc3ccccc3c2c1-c1ccccc1. The molecule has 17 aromatic carbocycles. The Bertz CT molecular complexity index is 8480. The van der Waals surface area contributed by atoms with Gasteiger partial charge in [-0.05, 0) is 191 Å². The molecule has 0 radical (unpaired) electrons. The Labute approximate surface area is 702 Å². The molecule has 0 spiro atoms. The van der Waals surface area contributed by atoms with E-state index in [-0.39, 0.29) is 65.8 Å². The van der Waals surface area contributed by atoms with Crippen molar-refractivity contribution in [1.29, 1.82) is 0 Å². The number of nitrogens with zero attached hydrogens (tertiary/aromatic N) is 4. The van der Waals surface area contributed by atoms with Crippen molar-refractivity contribution in [3.05, 3.63) is 420 Å². The molecule has 2 unspecified atom stereocenters. The van der Waals surface area contributed by atoms with Crippen molar-refractivity contribution in [2.45, 2.75) is 64.2 Å². The van der Waals surface area contributed by atoms with Crippen LogP contribution >= 0.6 is 0 Å². The van der Waals surface area contributed by atoms with Crippen molar-refractivity contribution in [2.24, 2.45) is 0 Å². The Kier molecular flexibility index (Phi) is 12.0. The summed E-state index contributed by atoms with van der Waals surface area (Å²) in [5.74, 6) is -1.76. The van der Waals surface area contributed by atoms with Crippen LogP contribution in [-0.2, 0) is 10.8 Å². The molecule has 5 heterocycles. The summed E-state index contributed by atoms with van der Waals surface area (Å²) in [5, 5.41) is 2.95. The molecule has 0 N–H and O–H groups in total. The van der Waals surface area contributed by atoms with Gasteiger partial charge in [0.1, 0.15) is 11.2 Å². The van der Waals surface area contributed by atoms with Crippen LogP contribution in [0, 0.1) is 0 Å². The van der Waals surface area contributed by atoms with Crippen molar-refractivity contribution in [2.75, 3.05) is 4.90 Å². The van der Waals surface area contributed by atoms with Crippen molar-refractivity contribution >= 4 is 104 Å². The number of rotatable bonds is 10. The predicted octanol–water partition coefficient (Wildman–Crippen LogP) is 30.3. The highest BCUT2D eigenvalue weighted by Crippen LogP contribution is 2.65. The van der Waals surface area contributed by atoms with E-state index in [4.69, 9.17) is 4.42 Å². The summed E-state index contributed by atoms with van der Waals surface area (Å²) in [4.78, 5) is 2.27. The quantitative estimate of drug-likeness (QED) is 0.137.